The smallest absolute Gasteiger partial charge is 0.244 e. The molecule has 0 atom stereocenters. The van der Waals surface area contributed by atoms with Crippen LogP contribution in [0.15, 0.2) is 59.7 Å². The number of aromatic nitrogens is 2. The molecule has 0 radical (unpaired) electrons. The van der Waals surface area contributed by atoms with Crippen molar-refractivity contribution in [2.24, 2.45) is 0 Å². The van der Waals surface area contributed by atoms with E-state index in [1.165, 1.54) is 25.6 Å². The topological polar surface area (TPSA) is 82.5 Å². The molecule has 0 aliphatic rings. The van der Waals surface area contributed by atoms with E-state index in [9.17, 15) is 9.59 Å². The average molecular weight is 414 g/mol. The van der Waals surface area contributed by atoms with Crippen LogP contribution in [0.25, 0.3) is 0 Å². The molecule has 7 nitrogen and oxygen atoms in total. The molecule has 0 aliphatic carbocycles. The van der Waals surface area contributed by atoms with Gasteiger partial charge in [0.05, 0.1) is 25.2 Å². The number of ether oxygens (including phenoxy) is 2. The molecule has 1 amide bonds. The van der Waals surface area contributed by atoms with Crippen LogP contribution in [0.1, 0.15) is 11.3 Å². The van der Waals surface area contributed by atoms with Gasteiger partial charge in [-0.05, 0) is 19.1 Å². The van der Waals surface area contributed by atoms with Crippen LogP contribution in [0.3, 0.4) is 0 Å². The van der Waals surface area contributed by atoms with Gasteiger partial charge in [0, 0.05) is 28.4 Å². The maximum atomic E-state index is 12.4. The molecule has 0 saturated heterocycles. The number of methoxy groups -OCH3 is 1. The third-order valence-corrected chi connectivity index (χ3v) is 4.56. The van der Waals surface area contributed by atoms with Crippen molar-refractivity contribution < 1.29 is 14.3 Å². The van der Waals surface area contributed by atoms with Gasteiger partial charge in [0.1, 0.15) is 13.2 Å². The van der Waals surface area contributed by atoms with Crippen LogP contribution in [-0.4, -0.2) is 22.6 Å². The van der Waals surface area contributed by atoms with Crippen LogP contribution in [0.4, 0.5) is 5.69 Å². The largest absolute Gasteiger partial charge is 0.483 e. The summed E-state index contributed by atoms with van der Waals surface area (Å²) >= 11 is 6.12. The highest BCUT2D eigenvalue weighted by Crippen LogP contribution is 2.17. The quantitative estimate of drug-likeness (QED) is 0.641. The van der Waals surface area contributed by atoms with E-state index in [0.29, 0.717) is 22.3 Å². The fraction of sp³-hybridized carbons (Fsp3) is 0.190. The number of hydrogen-bond donors (Lipinski definition) is 1. The summed E-state index contributed by atoms with van der Waals surface area (Å²) in [5.41, 5.74) is 1.70. The molecular formula is C21H20ClN3O4. The normalized spacial score (nSPS) is 10.4. The van der Waals surface area contributed by atoms with E-state index < -0.39 is 0 Å². The van der Waals surface area contributed by atoms with Crippen molar-refractivity contribution >= 4 is 23.2 Å². The lowest BCUT2D eigenvalue weighted by atomic mass is 10.2. The minimum atomic E-state index is -0.263. The van der Waals surface area contributed by atoms with E-state index in [1.807, 2.05) is 18.2 Å². The molecule has 8 heteroatoms. The molecule has 2 heterocycles. The molecule has 1 aromatic carbocycles. The first-order chi connectivity index (χ1) is 14.0. The van der Waals surface area contributed by atoms with Gasteiger partial charge in [-0.3, -0.25) is 9.59 Å². The van der Waals surface area contributed by atoms with Gasteiger partial charge in [-0.2, -0.15) is 0 Å². The number of amides is 1. The van der Waals surface area contributed by atoms with E-state index >= 15 is 0 Å². The van der Waals surface area contributed by atoms with Crippen molar-refractivity contribution in [3.8, 4) is 11.6 Å². The summed E-state index contributed by atoms with van der Waals surface area (Å²) in [5.74, 6) is 0.342. The lowest BCUT2D eigenvalue weighted by Gasteiger charge is -2.14. The Bertz CT molecular complexity index is 1060. The van der Waals surface area contributed by atoms with Crippen LogP contribution in [0, 0.1) is 6.92 Å². The maximum absolute atomic E-state index is 12.4. The zero-order valence-electron chi connectivity index (χ0n) is 16.0. The Hall–Kier alpha value is -3.32. The van der Waals surface area contributed by atoms with Gasteiger partial charge in [0.25, 0.3) is 0 Å². The van der Waals surface area contributed by atoms with Crippen LogP contribution in [-0.2, 0) is 17.9 Å². The van der Waals surface area contributed by atoms with E-state index in [0.717, 1.165) is 5.56 Å². The standard InChI is InChI=1S/C21H20ClN3O4/c1-14-9-18(26)19(29-13-15-5-3-4-6-17(15)22)11-25(14)12-20(27)24-16-7-8-21(28-2)23-10-16/h3-11H,12-13H2,1-2H3,(H,24,27). The van der Waals surface area contributed by atoms with Gasteiger partial charge < -0.3 is 19.4 Å². The summed E-state index contributed by atoms with van der Waals surface area (Å²) in [5, 5.41) is 3.32. The Morgan fingerprint density at radius 1 is 1.24 bits per heavy atom. The minimum Gasteiger partial charge on any atom is -0.483 e. The Kier molecular flexibility index (Phi) is 6.51. The monoisotopic (exact) mass is 413 g/mol. The number of carbonyl (C=O) groups excluding carboxylic acids is 1. The van der Waals surface area contributed by atoms with Crippen LogP contribution < -0.4 is 20.2 Å². The number of carbonyl (C=O) groups is 1. The molecule has 0 spiro atoms. The summed E-state index contributed by atoms with van der Waals surface area (Å²) in [4.78, 5) is 28.7. The molecule has 0 saturated carbocycles. The highest BCUT2D eigenvalue weighted by atomic mass is 35.5. The highest BCUT2D eigenvalue weighted by Gasteiger charge is 2.10. The molecule has 0 bridgehead atoms. The highest BCUT2D eigenvalue weighted by molar-refractivity contribution is 6.31. The number of rotatable bonds is 7. The fourth-order valence-corrected chi connectivity index (χ4v) is 2.82. The summed E-state index contributed by atoms with van der Waals surface area (Å²) in [6, 6.07) is 12.0. The van der Waals surface area contributed by atoms with E-state index in [1.54, 1.807) is 29.7 Å². The number of nitrogens with zero attached hydrogens (tertiary/aromatic N) is 2. The van der Waals surface area contributed by atoms with Gasteiger partial charge in [-0.15, -0.1) is 0 Å². The van der Waals surface area contributed by atoms with Gasteiger partial charge in [0.15, 0.2) is 5.75 Å². The first-order valence-electron chi connectivity index (χ1n) is 8.83. The van der Waals surface area contributed by atoms with Gasteiger partial charge in [0.2, 0.25) is 17.2 Å². The van der Waals surface area contributed by atoms with Crippen molar-refractivity contribution in [1.29, 1.82) is 0 Å². The first kappa shape index (κ1) is 20.4. The second kappa shape index (κ2) is 9.25. The molecule has 0 unspecified atom stereocenters. The Morgan fingerprint density at radius 3 is 2.72 bits per heavy atom. The molecule has 150 valence electrons. The van der Waals surface area contributed by atoms with Crippen LogP contribution >= 0.6 is 11.6 Å². The number of hydrogen-bond acceptors (Lipinski definition) is 5. The Balaban J connectivity index is 1.70. The van der Waals surface area contributed by atoms with Crippen molar-refractivity contribution in [3.63, 3.8) is 0 Å². The molecule has 0 fully saturated rings. The average Bonchev–Trinajstić information content (AvgIpc) is 2.71. The molecule has 29 heavy (non-hydrogen) atoms. The number of aryl methyl sites for hydroxylation is 1. The molecular weight excluding hydrogens is 394 g/mol. The van der Waals surface area contributed by atoms with Crippen LogP contribution in [0.5, 0.6) is 11.6 Å². The zero-order chi connectivity index (χ0) is 20.8. The van der Waals surface area contributed by atoms with Crippen molar-refractivity contribution in [3.05, 3.63) is 81.4 Å². The molecule has 3 aromatic rings. The third kappa shape index (κ3) is 5.36. The Labute approximate surface area is 172 Å². The summed E-state index contributed by atoms with van der Waals surface area (Å²) in [6.07, 6.45) is 3.04. The van der Waals surface area contributed by atoms with E-state index in [2.05, 4.69) is 10.3 Å². The van der Waals surface area contributed by atoms with Gasteiger partial charge >= 0.3 is 0 Å². The number of anilines is 1. The second-order valence-corrected chi connectivity index (χ2v) is 6.70. The van der Waals surface area contributed by atoms with Crippen molar-refractivity contribution in [2.45, 2.75) is 20.1 Å². The maximum Gasteiger partial charge on any atom is 0.244 e. The number of benzene rings is 1. The van der Waals surface area contributed by atoms with Gasteiger partial charge in [-0.25, -0.2) is 4.98 Å². The minimum absolute atomic E-state index is 0.0145. The fourth-order valence-electron chi connectivity index (χ4n) is 2.63. The van der Waals surface area contributed by atoms with E-state index in [4.69, 9.17) is 21.1 Å². The molecule has 1 N–H and O–H groups in total. The predicted octanol–water partition coefficient (Wildman–Crippen LogP) is 3.43. The summed E-state index contributed by atoms with van der Waals surface area (Å²) in [6.45, 7) is 1.92. The van der Waals surface area contributed by atoms with Crippen molar-refractivity contribution in [2.75, 3.05) is 12.4 Å². The zero-order valence-corrected chi connectivity index (χ0v) is 16.8. The Morgan fingerprint density at radius 2 is 2.03 bits per heavy atom. The van der Waals surface area contributed by atoms with Crippen molar-refractivity contribution in [1.82, 2.24) is 9.55 Å². The number of halogens is 1. The van der Waals surface area contributed by atoms with E-state index in [-0.39, 0.29) is 30.2 Å². The number of nitrogens with one attached hydrogen (secondary N) is 1. The lowest BCUT2D eigenvalue weighted by molar-refractivity contribution is -0.116. The first-order valence-corrected chi connectivity index (χ1v) is 9.21. The lowest BCUT2D eigenvalue weighted by Crippen LogP contribution is -2.22. The second-order valence-electron chi connectivity index (χ2n) is 6.29. The molecule has 0 aliphatic heterocycles. The SMILES string of the molecule is COc1ccc(NC(=O)Cn2cc(OCc3ccccc3Cl)c(=O)cc2C)cn1. The summed E-state index contributed by atoms with van der Waals surface area (Å²) in [7, 11) is 1.52. The molecule has 2 aromatic heterocycles. The third-order valence-electron chi connectivity index (χ3n) is 4.19. The number of pyridine rings is 2. The molecule has 3 rings (SSSR count). The van der Waals surface area contributed by atoms with Crippen LogP contribution in [0.2, 0.25) is 5.02 Å². The predicted molar refractivity (Wildman–Crippen MR) is 111 cm³/mol. The summed E-state index contributed by atoms with van der Waals surface area (Å²) < 4.78 is 12.3. The van der Waals surface area contributed by atoms with Gasteiger partial charge in [-0.1, -0.05) is 29.8 Å².